The molecule has 0 aliphatic rings. The van der Waals surface area contributed by atoms with E-state index in [0.29, 0.717) is 11.8 Å². The van der Waals surface area contributed by atoms with Crippen LogP contribution in [0.15, 0.2) is 29.2 Å². The van der Waals surface area contributed by atoms with Crippen molar-refractivity contribution in [2.75, 3.05) is 0 Å². The largest absolute Gasteiger partial charge is 0.481 e. The minimum Gasteiger partial charge on any atom is -0.481 e. The minimum absolute atomic E-state index is 0.279. The van der Waals surface area contributed by atoms with Gasteiger partial charge in [0.15, 0.2) is 0 Å². The van der Waals surface area contributed by atoms with Crippen molar-refractivity contribution in [3.8, 4) is 0 Å². The molecule has 0 aromatic heterocycles. The Bertz CT molecular complexity index is 454. The minimum atomic E-state index is -4.43. The van der Waals surface area contributed by atoms with Gasteiger partial charge in [-0.3, -0.25) is 9.59 Å². The molecule has 0 aliphatic carbocycles. The number of hydrogen-bond acceptors (Lipinski definition) is 3. The van der Waals surface area contributed by atoms with Gasteiger partial charge >= 0.3 is 12.1 Å². The van der Waals surface area contributed by atoms with Gasteiger partial charge in [-0.1, -0.05) is 11.8 Å². The first-order valence-corrected chi connectivity index (χ1v) is 5.65. The Balaban J connectivity index is 2.76. The van der Waals surface area contributed by atoms with E-state index in [0.717, 1.165) is 24.3 Å². The lowest BCUT2D eigenvalue weighted by molar-refractivity contribution is -0.143. The molecule has 0 bridgehead atoms. The molecule has 3 nitrogen and oxygen atoms in total. The maximum absolute atomic E-state index is 12.3. The van der Waals surface area contributed by atoms with Crippen LogP contribution in [-0.2, 0) is 15.8 Å². The number of carboxylic acid groups (broad SMARTS) is 1. The van der Waals surface area contributed by atoms with Crippen LogP contribution in [0.25, 0.3) is 0 Å². The van der Waals surface area contributed by atoms with E-state index >= 15 is 0 Å². The Hall–Kier alpha value is -1.50. The van der Waals surface area contributed by atoms with Crippen molar-refractivity contribution in [1.29, 1.82) is 0 Å². The van der Waals surface area contributed by atoms with E-state index in [2.05, 4.69) is 0 Å². The maximum atomic E-state index is 12.3. The number of hydrogen-bond donors (Lipinski definition) is 1. The number of carboxylic acids is 1. The van der Waals surface area contributed by atoms with E-state index in [9.17, 15) is 22.8 Å². The van der Waals surface area contributed by atoms with Gasteiger partial charge in [0.25, 0.3) is 0 Å². The number of carbonyl (C=O) groups is 2. The summed E-state index contributed by atoms with van der Waals surface area (Å²) in [6.07, 6.45) is -4.43. The van der Waals surface area contributed by atoms with Gasteiger partial charge in [0, 0.05) is 4.90 Å². The second-order valence-corrected chi connectivity index (χ2v) is 4.58. The molecular formula is C11H9F3O3S. The van der Waals surface area contributed by atoms with Crippen LogP contribution in [0.1, 0.15) is 12.5 Å². The summed E-state index contributed by atoms with van der Waals surface area (Å²) in [6, 6.07) is 3.97. The van der Waals surface area contributed by atoms with Crippen molar-refractivity contribution in [3.63, 3.8) is 0 Å². The van der Waals surface area contributed by atoms with Gasteiger partial charge in [-0.05, 0) is 31.2 Å². The molecule has 1 atom stereocenters. The highest BCUT2D eigenvalue weighted by Gasteiger charge is 2.30. The second-order valence-electron chi connectivity index (χ2n) is 3.50. The molecule has 0 aliphatic heterocycles. The number of rotatable bonds is 3. The zero-order valence-electron chi connectivity index (χ0n) is 9.19. The lowest BCUT2D eigenvalue weighted by Crippen LogP contribution is -2.17. The van der Waals surface area contributed by atoms with Crippen LogP contribution >= 0.6 is 11.8 Å². The lowest BCUT2D eigenvalue weighted by Gasteiger charge is -2.08. The lowest BCUT2D eigenvalue weighted by atomic mass is 10.2. The quantitative estimate of drug-likeness (QED) is 0.682. The summed E-state index contributed by atoms with van der Waals surface area (Å²) in [5, 5.41) is 7.98. The number of aliphatic carboxylic acids is 1. The number of halogens is 3. The summed E-state index contributed by atoms with van der Waals surface area (Å²) in [5.41, 5.74) is -0.814. The van der Waals surface area contributed by atoms with Crippen molar-refractivity contribution in [1.82, 2.24) is 0 Å². The van der Waals surface area contributed by atoms with Crippen LogP contribution in [0.2, 0.25) is 0 Å². The third-order valence-electron chi connectivity index (χ3n) is 2.12. The fourth-order valence-corrected chi connectivity index (χ4v) is 1.80. The van der Waals surface area contributed by atoms with Crippen LogP contribution in [0.3, 0.4) is 0 Å². The second kappa shape index (κ2) is 5.43. The molecule has 1 rings (SSSR count). The predicted molar refractivity (Wildman–Crippen MR) is 59.1 cm³/mol. The van der Waals surface area contributed by atoms with Gasteiger partial charge in [-0.25, -0.2) is 0 Å². The summed E-state index contributed by atoms with van der Waals surface area (Å²) >= 11 is 0.612. The molecule has 0 radical (unpaired) electrons. The molecule has 0 spiro atoms. The first kappa shape index (κ1) is 14.6. The molecular weight excluding hydrogens is 269 g/mol. The highest BCUT2D eigenvalue weighted by Crippen LogP contribution is 2.31. The fourth-order valence-electron chi connectivity index (χ4n) is 1.02. The van der Waals surface area contributed by atoms with Gasteiger partial charge < -0.3 is 5.11 Å². The summed E-state index contributed by atoms with van der Waals surface area (Å²) in [5.74, 6) is -2.46. The van der Waals surface area contributed by atoms with Crippen molar-refractivity contribution in [2.45, 2.75) is 18.0 Å². The molecule has 0 amide bonds. The average molecular weight is 278 g/mol. The smallest absolute Gasteiger partial charge is 0.416 e. The molecule has 1 N–H and O–H groups in total. The third kappa shape index (κ3) is 3.76. The van der Waals surface area contributed by atoms with Gasteiger partial charge in [-0.2, -0.15) is 13.2 Å². The Morgan fingerprint density at radius 3 is 2.11 bits per heavy atom. The predicted octanol–water partition coefficient (Wildman–Crippen LogP) is 3.04. The van der Waals surface area contributed by atoms with Crippen molar-refractivity contribution < 1.29 is 27.9 Å². The van der Waals surface area contributed by atoms with Gasteiger partial charge in [0.2, 0.25) is 5.12 Å². The molecule has 18 heavy (non-hydrogen) atoms. The van der Waals surface area contributed by atoms with Crippen LogP contribution < -0.4 is 0 Å². The molecule has 0 fully saturated rings. The summed E-state index contributed by atoms with van der Waals surface area (Å²) < 4.78 is 36.8. The van der Waals surface area contributed by atoms with Crippen LogP contribution in [0.5, 0.6) is 0 Å². The topological polar surface area (TPSA) is 54.4 Å². The first-order valence-electron chi connectivity index (χ1n) is 4.83. The molecule has 0 saturated carbocycles. The standard InChI is InChI=1S/C11H9F3O3S/c1-6(9(15)16)10(17)18-8-4-2-7(3-5-8)11(12,13)14/h2-6H,1H3,(H,15,16). The Morgan fingerprint density at radius 2 is 1.72 bits per heavy atom. The third-order valence-corrected chi connectivity index (χ3v) is 3.19. The molecule has 1 aromatic carbocycles. The van der Waals surface area contributed by atoms with E-state index in [-0.39, 0.29) is 4.90 Å². The van der Waals surface area contributed by atoms with Gasteiger partial charge in [0.1, 0.15) is 5.92 Å². The SMILES string of the molecule is CC(C(=O)O)C(=O)Sc1ccc(C(F)(F)F)cc1. The van der Waals surface area contributed by atoms with Crippen LogP contribution in [-0.4, -0.2) is 16.2 Å². The Morgan fingerprint density at radius 1 is 1.22 bits per heavy atom. The molecule has 7 heteroatoms. The monoisotopic (exact) mass is 278 g/mol. The molecule has 1 aromatic rings. The molecule has 0 saturated heterocycles. The van der Waals surface area contributed by atoms with Crippen LogP contribution in [0.4, 0.5) is 13.2 Å². The van der Waals surface area contributed by atoms with E-state index in [4.69, 9.17) is 5.11 Å². The first-order chi connectivity index (χ1) is 8.21. The highest BCUT2D eigenvalue weighted by molar-refractivity contribution is 8.13. The maximum Gasteiger partial charge on any atom is 0.416 e. The fraction of sp³-hybridized carbons (Fsp3) is 0.273. The number of thioether (sulfide) groups is 1. The molecule has 1 unspecified atom stereocenters. The van der Waals surface area contributed by atoms with Gasteiger partial charge in [0.05, 0.1) is 5.56 Å². The Labute approximate surface area is 105 Å². The molecule has 98 valence electrons. The summed E-state index contributed by atoms with van der Waals surface area (Å²) in [7, 11) is 0. The van der Waals surface area contributed by atoms with E-state index in [1.807, 2.05) is 0 Å². The zero-order chi connectivity index (χ0) is 13.9. The number of benzene rings is 1. The van der Waals surface area contributed by atoms with Crippen molar-refractivity contribution in [3.05, 3.63) is 29.8 Å². The van der Waals surface area contributed by atoms with Crippen LogP contribution in [0, 0.1) is 5.92 Å². The average Bonchev–Trinajstić information content (AvgIpc) is 2.27. The van der Waals surface area contributed by atoms with E-state index in [1.165, 1.54) is 6.92 Å². The zero-order valence-corrected chi connectivity index (χ0v) is 10.0. The van der Waals surface area contributed by atoms with Gasteiger partial charge in [-0.15, -0.1) is 0 Å². The number of carbonyl (C=O) groups excluding carboxylic acids is 1. The number of alkyl halides is 3. The van der Waals surface area contributed by atoms with Crippen molar-refractivity contribution >= 4 is 22.8 Å². The normalized spacial score (nSPS) is 13.1. The summed E-state index contributed by atoms with van der Waals surface area (Å²) in [4.78, 5) is 22.2. The summed E-state index contributed by atoms with van der Waals surface area (Å²) in [6.45, 7) is 1.22. The molecule has 0 heterocycles. The highest BCUT2D eigenvalue weighted by atomic mass is 32.2. The Kier molecular flexibility index (Phi) is 4.39. The van der Waals surface area contributed by atoms with Crippen molar-refractivity contribution in [2.24, 2.45) is 5.92 Å². The van der Waals surface area contributed by atoms with E-state index < -0.39 is 28.7 Å². The van der Waals surface area contributed by atoms with E-state index in [1.54, 1.807) is 0 Å².